The normalized spacial score (nSPS) is 18.7. The maximum Gasteiger partial charge on any atom is 0.305 e. The number of nitrogens with one attached hydrogen (secondary N) is 1. The van der Waals surface area contributed by atoms with Gasteiger partial charge in [-0.05, 0) is 17.2 Å². The molecule has 0 bridgehead atoms. The number of carbonyl (C=O) groups is 4. The molecule has 2 unspecified atom stereocenters. The van der Waals surface area contributed by atoms with E-state index in [1.807, 2.05) is 18.2 Å². The number of hydrogen-bond acceptors (Lipinski definition) is 6. The van der Waals surface area contributed by atoms with Gasteiger partial charge in [-0.25, -0.2) is 4.39 Å². The molecule has 8 nitrogen and oxygen atoms in total. The Morgan fingerprint density at radius 3 is 2.58 bits per heavy atom. The number of amides is 1. The molecule has 1 heterocycles. The molecule has 1 amide bonds. The van der Waals surface area contributed by atoms with Gasteiger partial charge in [0.1, 0.15) is 18.4 Å². The van der Waals surface area contributed by atoms with Crippen LogP contribution in [0.1, 0.15) is 36.5 Å². The zero-order chi connectivity index (χ0) is 22.6. The second-order valence-corrected chi connectivity index (χ2v) is 7.23. The molecule has 0 saturated carbocycles. The summed E-state index contributed by atoms with van der Waals surface area (Å²) in [4.78, 5) is 53.9. The van der Waals surface area contributed by atoms with Crippen molar-refractivity contribution < 1.29 is 33.5 Å². The number of ketones is 2. The van der Waals surface area contributed by atoms with Crippen LogP contribution < -0.4 is 5.32 Å². The fraction of sp³-hybridized carbons (Fsp3) is 0.318. The molecule has 0 aromatic heterocycles. The van der Waals surface area contributed by atoms with Crippen LogP contribution in [0.15, 0.2) is 47.6 Å². The van der Waals surface area contributed by atoms with Crippen LogP contribution in [0.5, 0.6) is 0 Å². The lowest BCUT2D eigenvalue weighted by molar-refractivity contribution is -0.148. The van der Waals surface area contributed by atoms with Crippen molar-refractivity contribution in [1.82, 2.24) is 5.32 Å². The number of Topliss-reactive ketones (excluding diaryl/α,β-unsaturated/α-hetero) is 2. The van der Waals surface area contributed by atoms with Crippen LogP contribution in [0.4, 0.5) is 4.39 Å². The maximum atomic E-state index is 13.1. The maximum absolute atomic E-state index is 13.1. The quantitative estimate of drug-likeness (QED) is 0.592. The predicted octanol–water partition coefficient (Wildman–Crippen LogP) is 2.45. The first kappa shape index (κ1) is 22.1. The molecule has 2 atom stereocenters. The summed E-state index contributed by atoms with van der Waals surface area (Å²) < 4.78 is 12.8. The molecule has 0 aliphatic carbocycles. The minimum atomic E-state index is -1.59. The third-order valence-electron chi connectivity index (χ3n) is 5.27. The molecular formula is C22H21FN2O6. The van der Waals surface area contributed by atoms with Gasteiger partial charge in [-0.3, -0.25) is 19.2 Å². The van der Waals surface area contributed by atoms with Gasteiger partial charge >= 0.3 is 5.97 Å². The number of carboxylic acids is 1. The van der Waals surface area contributed by atoms with E-state index in [4.69, 9.17) is 9.94 Å². The van der Waals surface area contributed by atoms with E-state index in [2.05, 4.69) is 10.5 Å². The molecule has 162 valence electrons. The average molecular weight is 428 g/mol. The van der Waals surface area contributed by atoms with Crippen molar-refractivity contribution in [3.05, 3.63) is 48.0 Å². The molecule has 3 rings (SSSR count). The number of rotatable bonds is 9. The lowest BCUT2D eigenvalue weighted by Gasteiger charge is -2.26. The zero-order valence-corrected chi connectivity index (χ0v) is 16.8. The smallest absolute Gasteiger partial charge is 0.305 e. The molecule has 2 aromatic rings. The van der Waals surface area contributed by atoms with Crippen molar-refractivity contribution in [1.29, 1.82) is 0 Å². The van der Waals surface area contributed by atoms with Gasteiger partial charge in [0, 0.05) is 12.0 Å². The van der Waals surface area contributed by atoms with E-state index in [1.54, 1.807) is 31.2 Å². The van der Waals surface area contributed by atoms with Crippen molar-refractivity contribution in [2.24, 2.45) is 5.16 Å². The molecule has 2 aromatic carbocycles. The van der Waals surface area contributed by atoms with Gasteiger partial charge in [0.2, 0.25) is 11.4 Å². The summed E-state index contributed by atoms with van der Waals surface area (Å²) in [6.07, 6.45) is -0.837. The van der Waals surface area contributed by atoms with Gasteiger partial charge in [0.25, 0.3) is 5.91 Å². The Kier molecular flexibility index (Phi) is 6.43. The van der Waals surface area contributed by atoms with Gasteiger partial charge < -0.3 is 15.3 Å². The van der Waals surface area contributed by atoms with Crippen LogP contribution in [-0.4, -0.2) is 52.6 Å². The third-order valence-corrected chi connectivity index (χ3v) is 5.27. The number of fused-ring (bicyclic) bond motifs is 1. The van der Waals surface area contributed by atoms with Crippen molar-refractivity contribution in [3.8, 4) is 0 Å². The van der Waals surface area contributed by atoms with E-state index in [0.29, 0.717) is 5.56 Å². The first-order valence-electron chi connectivity index (χ1n) is 9.70. The number of alkyl halides is 1. The molecule has 0 radical (unpaired) electrons. The molecular weight excluding hydrogens is 407 g/mol. The highest BCUT2D eigenvalue weighted by atomic mass is 19.1. The van der Waals surface area contributed by atoms with Crippen LogP contribution >= 0.6 is 0 Å². The van der Waals surface area contributed by atoms with E-state index < -0.39 is 48.2 Å². The van der Waals surface area contributed by atoms with Crippen LogP contribution in [-0.2, 0) is 19.2 Å². The van der Waals surface area contributed by atoms with Crippen LogP contribution in [0.2, 0.25) is 0 Å². The van der Waals surface area contributed by atoms with E-state index in [1.165, 1.54) is 0 Å². The minimum Gasteiger partial charge on any atom is -0.481 e. The van der Waals surface area contributed by atoms with Gasteiger partial charge in [-0.2, -0.15) is 0 Å². The largest absolute Gasteiger partial charge is 0.481 e. The van der Waals surface area contributed by atoms with Gasteiger partial charge in [0.05, 0.1) is 6.42 Å². The first-order valence-corrected chi connectivity index (χ1v) is 9.70. The van der Waals surface area contributed by atoms with Crippen LogP contribution in [0.25, 0.3) is 10.8 Å². The van der Waals surface area contributed by atoms with Crippen molar-refractivity contribution in [2.75, 3.05) is 6.67 Å². The second-order valence-electron chi connectivity index (χ2n) is 7.23. The molecule has 0 fully saturated rings. The molecule has 1 aliphatic rings. The van der Waals surface area contributed by atoms with E-state index in [9.17, 15) is 23.6 Å². The summed E-state index contributed by atoms with van der Waals surface area (Å²) in [6.45, 7) is 0.211. The van der Waals surface area contributed by atoms with Crippen molar-refractivity contribution in [2.45, 2.75) is 37.8 Å². The lowest BCUT2D eigenvalue weighted by Crippen LogP contribution is -2.53. The summed E-state index contributed by atoms with van der Waals surface area (Å²) in [5.41, 5.74) is -1.16. The minimum absolute atomic E-state index is 0.0277. The Labute approximate surface area is 177 Å². The summed E-state index contributed by atoms with van der Waals surface area (Å²) in [5.74, 6) is -3.66. The number of carbonyl (C=O) groups excluding carboxylic acids is 3. The van der Waals surface area contributed by atoms with E-state index >= 15 is 0 Å². The molecule has 0 saturated heterocycles. The zero-order valence-electron chi connectivity index (χ0n) is 16.8. The number of oxime groups is 1. The molecule has 2 N–H and O–H groups in total. The predicted molar refractivity (Wildman–Crippen MR) is 110 cm³/mol. The number of halogens is 1. The Morgan fingerprint density at radius 2 is 1.90 bits per heavy atom. The average Bonchev–Trinajstić information content (AvgIpc) is 3.23. The Bertz CT molecular complexity index is 1080. The van der Waals surface area contributed by atoms with E-state index in [-0.39, 0.29) is 18.6 Å². The summed E-state index contributed by atoms with van der Waals surface area (Å²) in [7, 11) is 0. The summed E-state index contributed by atoms with van der Waals surface area (Å²) in [6, 6.07) is 11.1. The number of carboxylic acid groups (broad SMARTS) is 1. The topological polar surface area (TPSA) is 122 Å². The van der Waals surface area contributed by atoms with Crippen molar-refractivity contribution >= 4 is 39.9 Å². The van der Waals surface area contributed by atoms with Crippen molar-refractivity contribution in [3.63, 3.8) is 0 Å². The van der Waals surface area contributed by atoms with Gasteiger partial charge in [0.15, 0.2) is 5.78 Å². The highest BCUT2D eigenvalue weighted by Gasteiger charge is 2.47. The Balaban J connectivity index is 1.81. The standard InChI is InChI=1S/C22H21FN2O6/c1-2-22(21(30)24-16(10-19(27)28)18(26)12-23)11-17(25-31-22)20(29)15-9-5-7-13-6-3-4-8-14(13)15/h3-9,16H,2,10-12H2,1H3,(H,24,30)(H,27,28). The number of benzene rings is 2. The SMILES string of the molecule is CCC1(C(=O)NC(CC(=O)O)C(=O)CF)CC(C(=O)c2cccc3ccccc23)=NO1. The fourth-order valence-electron chi connectivity index (χ4n) is 3.45. The van der Waals surface area contributed by atoms with Gasteiger partial charge in [-0.1, -0.05) is 54.5 Å². The summed E-state index contributed by atoms with van der Waals surface area (Å²) in [5, 5.41) is 16.6. The van der Waals surface area contributed by atoms with E-state index in [0.717, 1.165) is 10.8 Å². The van der Waals surface area contributed by atoms with Crippen LogP contribution in [0.3, 0.4) is 0 Å². The monoisotopic (exact) mass is 428 g/mol. The Hall–Kier alpha value is -3.62. The number of hydrogen-bond donors (Lipinski definition) is 2. The number of aliphatic carboxylic acids is 1. The third kappa shape index (κ3) is 4.45. The molecule has 0 spiro atoms. The molecule has 9 heteroatoms. The Morgan fingerprint density at radius 1 is 1.19 bits per heavy atom. The number of nitrogens with zero attached hydrogens (tertiary/aromatic N) is 1. The lowest BCUT2D eigenvalue weighted by atomic mass is 9.89. The highest BCUT2D eigenvalue weighted by molar-refractivity contribution is 6.48. The highest BCUT2D eigenvalue weighted by Crippen LogP contribution is 2.30. The van der Waals surface area contributed by atoms with Gasteiger partial charge in [-0.15, -0.1) is 0 Å². The summed E-state index contributed by atoms with van der Waals surface area (Å²) >= 11 is 0. The fourth-order valence-corrected chi connectivity index (χ4v) is 3.45. The molecule has 31 heavy (non-hydrogen) atoms. The molecule has 1 aliphatic heterocycles. The second kappa shape index (κ2) is 9.03. The van der Waals surface area contributed by atoms with Crippen LogP contribution in [0, 0.1) is 0 Å². The first-order chi connectivity index (χ1) is 14.8.